The highest BCUT2D eigenvalue weighted by Gasteiger charge is 2.21. The molecule has 3 aromatic rings. The summed E-state index contributed by atoms with van der Waals surface area (Å²) in [6.45, 7) is -0.420. The van der Waals surface area contributed by atoms with Crippen LogP contribution in [0.2, 0.25) is 10.0 Å². The Balaban J connectivity index is 1.79. The molecule has 1 heterocycles. The molecular formula is C19H16Cl2N4O4S. The van der Waals surface area contributed by atoms with Crippen LogP contribution >= 0.6 is 23.2 Å². The van der Waals surface area contributed by atoms with Crippen LogP contribution in [0.5, 0.6) is 0 Å². The van der Waals surface area contributed by atoms with Crippen molar-refractivity contribution < 1.29 is 13.2 Å². The second-order valence-electron chi connectivity index (χ2n) is 6.15. The van der Waals surface area contributed by atoms with E-state index in [1.165, 1.54) is 31.3 Å². The average Bonchev–Trinajstić information content (AvgIpc) is 2.74. The third-order valence-corrected chi connectivity index (χ3v) is 6.66. The van der Waals surface area contributed by atoms with Crippen molar-refractivity contribution >= 4 is 50.5 Å². The molecule has 2 aromatic carbocycles. The maximum Gasteiger partial charge on any atom is 0.287 e. The summed E-state index contributed by atoms with van der Waals surface area (Å²) in [6.07, 6.45) is 1.16. The highest BCUT2D eigenvalue weighted by Crippen LogP contribution is 2.23. The van der Waals surface area contributed by atoms with Gasteiger partial charge in [0.15, 0.2) is 0 Å². The first kappa shape index (κ1) is 21.8. The Morgan fingerprint density at radius 3 is 2.53 bits per heavy atom. The summed E-state index contributed by atoms with van der Waals surface area (Å²) in [5.41, 5.74) is 0.0350. The van der Waals surface area contributed by atoms with Crippen molar-refractivity contribution in [1.82, 2.24) is 9.78 Å². The van der Waals surface area contributed by atoms with E-state index in [1.54, 1.807) is 30.3 Å². The second kappa shape index (κ2) is 8.86. The van der Waals surface area contributed by atoms with E-state index in [9.17, 15) is 18.0 Å². The van der Waals surface area contributed by atoms with Gasteiger partial charge >= 0.3 is 0 Å². The Morgan fingerprint density at radius 1 is 1.13 bits per heavy atom. The van der Waals surface area contributed by atoms with Crippen LogP contribution in [0.25, 0.3) is 0 Å². The molecule has 3 rings (SSSR count). The topological polar surface area (TPSA) is 101 Å². The smallest absolute Gasteiger partial charge is 0.287 e. The molecule has 0 atom stereocenters. The Hall–Kier alpha value is -2.88. The largest absolute Gasteiger partial charge is 0.324 e. The van der Waals surface area contributed by atoms with Gasteiger partial charge in [-0.1, -0.05) is 47.5 Å². The summed E-state index contributed by atoms with van der Waals surface area (Å²) in [7, 11) is -2.40. The number of aromatic nitrogens is 2. The van der Waals surface area contributed by atoms with Crippen LogP contribution in [0.1, 0.15) is 0 Å². The minimum absolute atomic E-state index is 0.00326. The molecule has 8 nitrogen and oxygen atoms in total. The van der Waals surface area contributed by atoms with Crippen molar-refractivity contribution in [3.05, 3.63) is 81.2 Å². The molecule has 156 valence electrons. The Labute approximate surface area is 182 Å². The van der Waals surface area contributed by atoms with Gasteiger partial charge in [0.25, 0.3) is 15.6 Å². The average molecular weight is 467 g/mol. The summed E-state index contributed by atoms with van der Waals surface area (Å²) in [6, 6.07) is 14.4. The number of rotatable bonds is 6. The number of anilines is 2. The van der Waals surface area contributed by atoms with Crippen molar-refractivity contribution in [3.63, 3.8) is 0 Å². The number of benzene rings is 2. The summed E-state index contributed by atoms with van der Waals surface area (Å²) in [5.74, 6) is -0.589. The van der Waals surface area contributed by atoms with E-state index in [-0.39, 0.29) is 20.6 Å². The predicted octanol–water partition coefficient (Wildman–Crippen LogP) is 3.01. The zero-order valence-electron chi connectivity index (χ0n) is 15.6. The summed E-state index contributed by atoms with van der Waals surface area (Å²) < 4.78 is 27.8. The molecule has 1 amide bonds. The standard InChI is InChI=1S/C19H16Cl2N4O4S/c1-24(14-7-3-2-4-8-14)30(28,29)15-9-5-6-13(10-15)23-17(26)12-25-19(27)18(21)16(20)11-22-25/h2-11H,12H2,1H3,(H,23,26). The van der Waals surface area contributed by atoms with Crippen molar-refractivity contribution in [2.75, 3.05) is 16.7 Å². The summed E-state index contributed by atoms with van der Waals surface area (Å²) >= 11 is 11.5. The number of nitrogens with one attached hydrogen (secondary N) is 1. The third-order valence-electron chi connectivity index (χ3n) is 4.13. The molecule has 1 N–H and O–H groups in total. The van der Waals surface area contributed by atoms with Crippen LogP contribution in [0, 0.1) is 0 Å². The number of hydrogen-bond donors (Lipinski definition) is 1. The fourth-order valence-electron chi connectivity index (χ4n) is 2.56. The van der Waals surface area contributed by atoms with Gasteiger partial charge in [-0.15, -0.1) is 0 Å². The molecule has 1 aromatic heterocycles. The molecule has 11 heteroatoms. The Bertz CT molecular complexity index is 1250. The molecular weight excluding hydrogens is 451 g/mol. The van der Waals surface area contributed by atoms with Crippen molar-refractivity contribution in [2.24, 2.45) is 0 Å². The number of para-hydroxylation sites is 1. The van der Waals surface area contributed by atoms with Crippen molar-refractivity contribution in [1.29, 1.82) is 0 Å². The first-order valence-electron chi connectivity index (χ1n) is 8.55. The van der Waals surface area contributed by atoms with E-state index in [0.717, 1.165) is 15.2 Å². The van der Waals surface area contributed by atoms with E-state index >= 15 is 0 Å². The van der Waals surface area contributed by atoms with Crippen LogP contribution in [0.4, 0.5) is 11.4 Å². The van der Waals surface area contributed by atoms with Crippen LogP contribution in [0.15, 0.2) is 70.5 Å². The lowest BCUT2D eigenvalue weighted by molar-refractivity contribution is -0.117. The molecule has 0 aliphatic carbocycles. The maximum atomic E-state index is 12.9. The van der Waals surface area contributed by atoms with Crippen LogP contribution in [-0.4, -0.2) is 31.2 Å². The molecule has 0 saturated carbocycles. The first-order chi connectivity index (χ1) is 14.2. The molecule has 0 bridgehead atoms. The molecule has 0 aliphatic heterocycles. The van der Waals surface area contributed by atoms with E-state index < -0.39 is 28.0 Å². The Morgan fingerprint density at radius 2 is 1.83 bits per heavy atom. The third kappa shape index (κ3) is 4.64. The number of carbonyl (C=O) groups is 1. The molecule has 0 unspecified atom stereocenters. The van der Waals surface area contributed by atoms with Crippen molar-refractivity contribution in [3.8, 4) is 0 Å². The van der Waals surface area contributed by atoms with Gasteiger partial charge in [-0.2, -0.15) is 5.10 Å². The van der Waals surface area contributed by atoms with E-state index in [2.05, 4.69) is 10.4 Å². The zero-order chi connectivity index (χ0) is 21.9. The quantitative estimate of drug-likeness (QED) is 0.601. The number of sulfonamides is 1. The molecule has 0 saturated heterocycles. The molecule has 0 fully saturated rings. The van der Waals surface area contributed by atoms with Gasteiger partial charge in [-0.25, -0.2) is 13.1 Å². The zero-order valence-corrected chi connectivity index (χ0v) is 17.9. The molecule has 0 spiro atoms. The molecule has 0 aliphatic rings. The summed E-state index contributed by atoms with van der Waals surface area (Å²) in [4.78, 5) is 24.3. The predicted molar refractivity (Wildman–Crippen MR) is 116 cm³/mol. The fraction of sp³-hybridized carbons (Fsp3) is 0.105. The van der Waals surface area contributed by atoms with Gasteiger partial charge in [0.1, 0.15) is 11.6 Å². The summed E-state index contributed by atoms with van der Waals surface area (Å²) in [5, 5.41) is 6.05. The second-order valence-corrected chi connectivity index (χ2v) is 8.91. The number of nitrogens with zero attached hydrogens (tertiary/aromatic N) is 3. The van der Waals surface area contributed by atoms with Crippen LogP contribution in [-0.2, 0) is 21.4 Å². The van der Waals surface area contributed by atoms with Gasteiger partial charge in [-0.3, -0.25) is 13.9 Å². The minimum atomic E-state index is -3.84. The fourth-order valence-corrected chi connectivity index (χ4v) is 4.08. The van der Waals surface area contributed by atoms with E-state index in [1.807, 2.05) is 0 Å². The van der Waals surface area contributed by atoms with Gasteiger partial charge in [0, 0.05) is 12.7 Å². The van der Waals surface area contributed by atoms with E-state index in [4.69, 9.17) is 23.2 Å². The van der Waals surface area contributed by atoms with Crippen molar-refractivity contribution in [2.45, 2.75) is 11.4 Å². The molecule has 30 heavy (non-hydrogen) atoms. The number of carbonyl (C=O) groups excluding carboxylic acids is 1. The Kier molecular flexibility index (Phi) is 6.45. The van der Waals surface area contributed by atoms with Crippen LogP contribution < -0.4 is 15.2 Å². The first-order valence-corrected chi connectivity index (χ1v) is 10.7. The van der Waals surface area contributed by atoms with Gasteiger partial charge in [0.05, 0.1) is 21.8 Å². The number of amides is 1. The lowest BCUT2D eigenvalue weighted by atomic mass is 10.3. The number of halogens is 2. The van der Waals surface area contributed by atoms with Gasteiger partial charge < -0.3 is 5.32 Å². The monoisotopic (exact) mass is 466 g/mol. The lowest BCUT2D eigenvalue weighted by Crippen LogP contribution is -2.30. The molecule has 0 radical (unpaired) electrons. The SMILES string of the molecule is CN(c1ccccc1)S(=O)(=O)c1cccc(NC(=O)Cn2ncc(Cl)c(Cl)c2=O)c1. The lowest BCUT2D eigenvalue weighted by Gasteiger charge is -2.19. The van der Waals surface area contributed by atoms with Gasteiger partial charge in [-0.05, 0) is 30.3 Å². The van der Waals surface area contributed by atoms with E-state index in [0.29, 0.717) is 5.69 Å². The number of hydrogen-bond acceptors (Lipinski definition) is 5. The van der Waals surface area contributed by atoms with Gasteiger partial charge in [0.2, 0.25) is 5.91 Å². The highest BCUT2D eigenvalue weighted by molar-refractivity contribution is 7.92. The normalized spacial score (nSPS) is 11.2. The minimum Gasteiger partial charge on any atom is -0.324 e. The highest BCUT2D eigenvalue weighted by atomic mass is 35.5. The van der Waals surface area contributed by atoms with Crippen LogP contribution in [0.3, 0.4) is 0 Å². The maximum absolute atomic E-state index is 12.9.